The summed E-state index contributed by atoms with van der Waals surface area (Å²) in [5.41, 5.74) is 5.34. The lowest BCUT2D eigenvalue weighted by molar-refractivity contribution is -0.138. The van der Waals surface area contributed by atoms with Gasteiger partial charge >= 0.3 is 6.18 Å². The smallest absolute Gasteiger partial charge is 0.323 e. The van der Waals surface area contributed by atoms with E-state index in [-0.39, 0.29) is 5.56 Å². The van der Waals surface area contributed by atoms with E-state index in [4.69, 9.17) is 17.3 Å². The van der Waals surface area contributed by atoms with Crippen LogP contribution in [0.15, 0.2) is 53.4 Å². The van der Waals surface area contributed by atoms with Crippen molar-refractivity contribution in [2.75, 3.05) is 5.75 Å². The van der Waals surface area contributed by atoms with Crippen molar-refractivity contribution in [1.82, 2.24) is 0 Å². The number of nitrogens with two attached hydrogens (primary N) is 1. The second kappa shape index (κ2) is 6.73. The van der Waals surface area contributed by atoms with Gasteiger partial charge in [-0.2, -0.15) is 13.2 Å². The van der Waals surface area contributed by atoms with Gasteiger partial charge in [-0.15, -0.1) is 11.8 Å². The van der Waals surface area contributed by atoms with Crippen LogP contribution in [0.5, 0.6) is 0 Å². The van der Waals surface area contributed by atoms with Crippen molar-refractivity contribution < 1.29 is 13.2 Å². The van der Waals surface area contributed by atoms with Crippen molar-refractivity contribution in [2.24, 2.45) is 5.73 Å². The zero-order chi connectivity index (χ0) is 15.5. The molecule has 1 nitrogen and oxygen atoms in total. The summed E-state index contributed by atoms with van der Waals surface area (Å²) in [5.74, 6) is 0.316. The summed E-state index contributed by atoms with van der Waals surface area (Å²) in [4.78, 5) is 0.805. The molecule has 112 valence electrons. The monoisotopic (exact) mass is 331 g/mol. The topological polar surface area (TPSA) is 26.0 Å². The molecule has 0 saturated heterocycles. The lowest BCUT2D eigenvalue weighted by atomic mass is 10.0. The quantitative estimate of drug-likeness (QED) is 0.784. The molecular formula is C15H13ClF3NS. The Balaban J connectivity index is 2.15. The fourth-order valence-electron chi connectivity index (χ4n) is 1.91. The highest BCUT2D eigenvalue weighted by atomic mass is 35.5. The van der Waals surface area contributed by atoms with Crippen molar-refractivity contribution >= 4 is 23.4 Å². The summed E-state index contributed by atoms with van der Waals surface area (Å²) in [6.07, 6.45) is -4.40. The van der Waals surface area contributed by atoms with Crippen LogP contribution in [0.25, 0.3) is 0 Å². The zero-order valence-electron chi connectivity index (χ0n) is 10.9. The molecule has 0 aromatic heterocycles. The largest absolute Gasteiger partial charge is 0.416 e. The molecule has 0 saturated carbocycles. The predicted octanol–water partition coefficient (Wildman–Crippen LogP) is 5.15. The van der Waals surface area contributed by atoms with Gasteiger partial charge < -0.3 is 5.73 Å². The normalized spacial score (nSPS) is 13.2. The molecular weight excluding hydrogens is 319 g/mol. The Bertz CT molecular complexity index is 616. The number of benzene rings is 2. The van der Waals surface area contributed by atoms with Crippen LogP contribution in [-0.2, 0) is 6.18 Å². The molecule has 0 aliphatic rings. The summed E-state index contributed by atoms with van der Waals surface area (Å²) in [6, 6.07) is 11.8. The molecule has 0 fully saturated rings. The third-order valence-electron chi connectivity index (χ3n) is 2.92. The van der Waals surface area contributed by atoms with Crippen molar-refractivity contribution in [1.29, 1.82) is 0 Å². The van der Waals surface area contributed by atoms with Crippen LogP contribution in [0.4, 0.5) is 13.2 Å². The van der Waals surface area contributed by atoms with Gasteiger partial charge in [0.05, 0.1) is 10.6 Å². The van der Waals surface area contributed by atoms with Gasteiger partial charge in [0, 0.05) is 16.7 Å². The first kappa shape index (κ1) is 16.2. The second-order valence-corrected chi connectivity index (χ2v) is 5.90. The van der Waals surface area contributed by atoms with Crippen LogP contribution in [0, 0.1) is 0 Å². The van der Waals surface area contributed by atoms with Gasteiger partial charge in [0.2, 0.25) is 0 Å². The van der Waals surface area contributed by atoms with E-state index < -0.39 is 17.8 Å². The molecule has 0 heterocycles. The van der Waals surface area contributed by atoms with Crippen LogP contribution in [0.1, 0.15) is 17.2 Å². The third kappa shape index (κ3) is 4.15. The number of hydrogen-bond donors (Lipinski definition) is 1. The average Bonchev–Trinajstić information content (AvgIpc) is 2.45. The highest BCUT2D eigenvalue weighted by Gasteiger charge is 2.34. The molecule has 0 amide bonds. The van der Waals surface area contributed by atoms with Gasteiger partial charge in [-0.05, 0) is 23.8 Å². The zero-order valence-corrected chi connectivity index (χ0v) is 12.5. The van der Waals surface area contributed by atoms with Crippen molar-refractivity contribution in [3.8, 4) is 0 Å². The molecule has 1 unspecified atom stereocenters. The van der Waals surface area contributed by atoms with Crippen molar-refractivity contribution in [2.45, 2.75) is 17.1 Å². The van der Waals surface area contributed by atoms with Gasteiger partial charge in [-0.3, -0.25) is 0 Å². The number of rotatable bonds is 4. The third-order valence-corrected chi connectivity index (χ3v) is 4.56. The fraction of sp³-hybridized carbons (Fsp3) is 0.200. The minimum Gasteiger partial charge on any atom is -0.323 e. The van der Waals surface area contributed by atoms with E-state index in [9.17, 15) is 13.2 Å². The van der Waals surface area contributed by atoms with Crippen LogP contribution < -0.4 is 5.73 Å². The molecule has 0 radical (unpaired) electrons. The van der Waals surface area contributed by atoms with Gasteiger partial charge in [0.25, 0.3) is 0 Å². The maximum absolute atomic E-state index is 13.0. The van der Waals surface area contributed by atoms with E-state index in [1.54, 1.807) is 18.2 Å². The van der Waals surface area contributed by atoms with Crippen molar-refractivity contribution in [3.05, 3.63) is 64.7 Å². The summed E-state index contributed by atoms with van der Waals surface area (Å²) in [5, 5.41) is 0.568. The first-order valence-electron chi connectivity index (χ1n) is 6.18. The minimum absolute atomic E-state index is 0.101. The lowest BCUT2D eigenvalue weighted by Crippen LogP contribution is -2.19. The Morgan fingerprint density at radius 2 is 1.67 bits per heavy atom. The maximum Gasteiger partial charge on any atom is 0.416 e. The SMILES string of the molecule is NC(CSc1ccccc1Cl)c1ccccc1C(F)(F)F. The Kier molecular flexibility index (Phi) is 5.19. The van der Waals surface area contributed by atoms with Gasteiger partial charge in [-0.25, -0.2) is 0 Å². The standard InChI is InChI=1S/C15H13ClF3NS/c16-12-7-3-4-8-14(12)21-9-13(20)10-5-1-2-6-11(10)15(17,18)19/h1-8,13H,9,20H2. The van der Waals surface area contributed by atoms with E-state index in [2.05, 4.69) is 0 Å². The minimum atomic E-state index is -4.40. The molecule has 0 bridgehead atoms. The molecule has 2 aromatic rings. The van der Waals surface area contributed by atoms with Gasteiger partial charge in [0.15, 0.2) is 0 Å². The molecule has 0 aliphatic carbocycles. The number of halogens is 4. The first-order chi connectivity index (χ1) is 9.89. The highest BCUT2D eigenvalue weighted by Crippen LogP contribution is 2.36. The maximum atomic E-state index is 13.0. The molecule has 6 heteroatoms. The van der Waals surface area contributed by atoms with Crippen LogP contribution >= 0.6 is 23.4 Å². The Labute approximate surface area is 130 Å². The molecule has 0 spiro atoms. The second-order valence-electron chi connectivity index (χ2n) is 4.43. The fourth-order valence-corrected chi connectivity index (χ4v) is 3.13. The van der Waals surface area contributed by atoms with E-state index in [1.807, 2.05) is 12.1 Å². The first-order valence-corrected chi connectivity index (χ1v) is 7.55. The van der Waals surface area contributed by atoms with Gasteiger partial charge in [0.1, 0.15) is 0 Å². The van der Waals surface area contributed by atoms with Gasteiger partial charge in [-0.1, -0.05) is 41.9 Å². The predicted molar refractivity (Wildman–Crippen MR) is 80.5 cm³/mol. The molecule has 2 aromatic carbocycles. The summed E-state index contributed by atoms with van der Waals surface area (Å²) < 4.78 is 38.9. The van der Waals surface area contributed by atoms with Crippen molar-refractivity contribution in [3.63, 3.8) is 0 Å². The number of alkyl halides is 3. The Morgan fingerprint density at radius 1 is 1.05 bits per heavy atom. The molecule has 1 atom stereocenters. The average molecular weight is 332 g/mol. The summed E-state index contributed by atoms with van der Waals surface area (Å²) in [7, 11) is 0. The summed E-state index contributed by atoms with van der Waals surface area (Å²) in [6.45, 7) is 0. The Hall–Kier alpha value is -1.17. The van der Waals surface area contributed by atoms with E-state index in [0.29, 0.717) is 10.8 Å². The van der Waals surface area contributed by atoms with E-state index in [1.165, 1.54) is 23.9 Å². The number of hydrogen-bond acceptors (Lipinski definition) is 2. The van der Waals surface area contributed by atoms with Crippen LogP contribution in [-0.4, -0.2) is 5.75 Å². The number of thioether (sulfide) groups is 1. The lowest BCUT2D eigenvalue weighted by Gasteiger charge is -2.18. The van der Waals surface area contributed by atoms with E-state index >= 15 is 0 Å². The molecule has 2 N–H and O–H groups in total. The Morgan fingerprint density at radius 3 is 2.33 bits per heavy atom. The molecule has 2 rings (SSSR count). The molecule has 0 aliphatic heterocycles. The molecule has 21 heavy (non-hydrogen) atoms. The summed E-state index contributed by atoms with van der Waals surface area (Å²) >= 11 is 7.36. The highest BCUT2D eigenvalue weighted by molar-refractivity contribution is 7.99. The van der Waals surface area contributed by atoms with Crippen LogP contribution in [0.3, 0.4) is 0 Å². The van der Waals surface area contributed by atoms with E-state index in [0.717, 1.165) is 11.0 Å². The van der Waals surface area contributed by atoms with Crippen LogP contribution in [0.2, 0.25) is 5.02 Å².